The molecule has 3 aromatic rings. The molecule has 9 heteroatoms. The maximum absolute atomic E-state index is 14.3. The van der Waals surface area contributed by atoms with Crippen LogP contribution in [0.15, 0.2) is 36.4 Å². The number of urea groups is 1. The zero-order chi connectivity index (χ0) is 21.8. The Bertz CT molecular complexity index is 1080. The molecule has 0 saturated carbocycles. The van der Waals surface area contributed by atoms with E-state index in [0.29, 0.717) is 22.2 Å². The van der Waals surface area contributed by atoms with Crippen molar-refractivity contribution in [3.05, 3.63) is 59.4 Å². The zero-order valence-corrected chi connectivity index (χ0v) is 16.2. The van der Waals surface area contributed by atoms with Crippen molar-refractivity contribution in [2.45, 2.75) is 25.8 Å². The fraction of sp³-hybridized carbons (Fsp3) is 0.238. The van der Waals surface area contributed by atoms with Gasteiger partial charge in [0.25, 0.3) is 0 Å². The van der Waals surface area contributed by atoms with Crippen LogP contribution < -0.4 is 16.4 Å². The summed E-state index contributed by atoms with van der Waals surface area (Å²) in [6.07, 6.45) is 0.260. The molecule has 6 nitrogen and oxygen atoms in total. The van der Waals surface area contributed by atoms with Crippen LogP contribution in [0.25, 0.3) is 22.2 Å². The minimum absolute atomic E-state index is 0.00311. The number of H-pyrrole nitrogens is 1. The number of primary amides is 1. The third-order valence-corrected chi connectivity index (χ3v) is 4.61. The van der Waals surface area contributed by atoms with Crippen molar-refractivity contribution >= 4 is 22.8 Å². The second-order valence-electron chi connectivity index (χ2n) is 7.02. The molecule has 3 amide bonds. The molecule has 158 valence electrons. The molecule has 0 bridgehead atoms. The minimum atomic E-state index is -0.745. The molecular formula is C21H21F3N4O2. The van der Waals surface area contributed by atoms with Crippen LogP contribution in [0.4, 0.5) is 18.0 Å². The van der Waals surface area contributed by atoms with E-state index in [-0.39, 0.29) is 24.9 Å². The molecule has 0 aliphatic rings. The standard InChI is InChI=1S/C21H21F3N4O2/c1-11(8-18(25)29)27-21(30)26-7-6-15-16-9-14(23)10-17(24)20(16)28-19(15)12-2-4-13(22)5-3-12/h2-5,9-11,28H,6-8H2,1H3,(H2,25,29)(H2,26,27,30). The number of fused-ring (bicyclic) bond motifs is 1. The summed E-state index contributed by atoms with van der Waals surface area (Å²) in [5, 5.41) is 5.57. The summed E-state index contributed by atoms with van der Waals surface area (Å²) in [7, 11) is 0. The lowest BCUT2D eigenvalue weighted by atomic mass is 10.0. The summed E-state index contributed by atoms with van der Waals surface area (Å²) in [4.78, 5) is 25.8. The maximum Gasteiger partial charge on any atom is 0.315 e. The largest absolute Gasteiger partial charge is 0.370 e. The summed E-state index contributed by atoms with van der Waals surface area (Å²) < 4.78 is 41.4. The zero-order valence-electron chi connectivity index (χ0n) is 16.2. The maximum atomic E-state index is 14.3. The predicted octanol–water partition coefficient (Wildman–Crippen LogP) is 3.36. The second-order valence-corrected chi connectivity index (χ2v) is 7.02. The van der Waals surface area contributed by atoms with Gasteiger partial charge in [0.05, 0.1) is 5.52 Å². The molecule has 0 fully saturated rings. The Labute approximate surface area is 170 Å². The van der Waals surface area contributed by atoms with Crippen molar-refractivity contribution in [2.24, 2.45) is 5.73 Å². The van der Waals surface area contributed by atoms with E-state index in [4.69, 9.17) is 5.73 Å². The van der Waals surface area contributed by atoms with Gasteiger partial charge in [-0.1, -0.05) is 0 Å². The number of nitrogens with one attached hydrogen (secondary N) is 3. The monoisotopic (exact) mass is 418 g/mol. The summed E-state index contributed by atoms with van der Waals surface area (Å²) in [5.41, 5.74) is 6.92. The lowest BCUT2D eigenvalue weighted by Gasteiger charge is -2.13. The van der Waals surface area contributed by atoms with E-state index in [0.717, 1.165) is 6.07 Å². The summed E-state index contributed by atoms with van der Waals surface area (Å²) in [5.74, 6) is -2.42. The lowest BCUT2D eigenvalue weighted by molar-refractivity contribution is -0.118. The number of rotatable bonds is 7. The first-order valence-corrected chi connectivity index (χ1v) is 9.32. The van der Waals surface area contributed by atoms with E-state index in [9.17, 15) is 22.8 Å². The van der Waals surface area contributed by atoms with E-state index < -0.39 is 35.4 Å². The second kappa shape index (κ2) is 8.89. The molecule has 1 aromatic heterocycles. The van der Waals surface area contributed by atoms with Gasteiger partial charge >= 0.3 is 6.03 Å². The molecule has 30 heavy (non-hydrogen) atoms. The van der Waals surface area contributed by atoms with Gasteiger partial charge in [-0.05, 0) is 54.8 Å². The molecule has 0 radical (unpaired) electrons. The first-order valence-electron chi connectivity index (χ1n) is 9.32. The molecule has 5 N–H and O–H groups in total. The molecule has 1 heterocycles. The Balaban J connectivity index is 1.83. The number of aromatic amines is 1. The Hall–Kier alpha value is -3.49. The van der Waals surface area contributed by atoms with Crippen molar-refractivity contribution in [1.29, 1.82) is 0 Å². The summed E-state index contributed by atoms with van der Waals surface area (Å²) in [6, 6.07) is 6.67. The highest BCUT2D eigenvalue weighted by Gasteiger charge is 2.17. The third kappa shape index (κ3) is 4.91. The van der Waals surface area contributed by atoms with E-state index in [2.05, 4.69) is 15.6 Å². The number of hydrogen-bond acceptors (Lipinski definition) is 2. The average molecular weight is 418 g/mol. The highest BCUT2D eigenvalue weighted by Crippen LogP contribution is 2.32. The van der Waals surface area contributed by atoms with E-state index in [1.54, 1.807) is 6.92 Å². The number of aromatic nitrogens is 1. The smallest absolute Gasteiger partial charge is 0.315 e. The molecule has 0 saturated heterocycles. The van der Waals surface area contributed by atoms with E-state index >= 15 is 0 Å². The van der Waals surface area contributed by atoms with E-state index in [1.165, 1.54) is 30.3 Å². The van der Waals surface area contributed by atoms with Gasteiger partial charge in [-0.15, -0.1) is 0 Å². The molecule has 0 aliphatic heterocycles. The van der Waals surface area contributed by atoms with Crippen molar-refractivity contribution < 1.29 is 22.8 Å². The third-order valence-electron chi connectivity index (χ3n) is 4.61. The van der Waals surface area contributed by atoms with Gasteiger partial charge in [-0.25, -0.2) is 18.0 Å². The number of carbonyl (C=O) groups excluding carboxylic acids is 2. The molecule has 0 spiro atoms. The van der Waals surface area contributed by atoms with Gasteiger partial charge in [-0.3, -0.25) is 4.79 Å². The van der Waals surface area contributed by atoms with Gasteiger partial charge in [0.15, 0.2) is 0 Å². The summed E-state index contributed by atoms with van der Waals surface area (Å²) in [6.45, 7) is 1.80. The number of halogens is 3. The first kappa shape index (κ1) is 21.2. The van der Waals surface area contributed by atoms with Crippen LogP contribution in [0.2, 0.25) is 0 Å². The highest BCUT2D eigenvalue weighted by atomic mass is 19.1. The SMILES string of the molecule is CC(CC(N)=O)NC(=O)NCCc1c(-c2ccc(F)cc2)[nH]c2c(F)cc(F)cc12. The van der Waals surface area contributed by atoms with Gasteiger partial charge in [0.1, 0.15) is 17.5 Å². The molecule has 1 atom stereocenters. The molecule has 0 aliphatic carbocycles. The van der Waals surface area contributed by atoms with Crippen LogP contribution in [-0.2, 0) is 11.2 Å². The van der Waals surface area contributed by atoms with Crippen molar-refractivity contribution in [2.75, 3.05) is 6.54 Å². The Morgan fingerprint density at radius 2 is 1.80 bits per heavy atom. The normalized spacial score (nSPS) is 12.0. The fourth-order valence-corrected chi connectivity index (χ4v) is 3.33. The number of nitrogens with two attached hydrogens (primary N) is 1. The first-order chi connectivity index (χ1) is 14.2. The number of carbonyl (C=O) groups is 2. The van der Waals surface area contributed by atoms with Crippen molar-refractivity contribution in [3.8, 4) is 11.3 Å². The van der Waals surface area contributed by atoms with Crippen LogP contribution in [0.5, 0.6) is 0 Å². The highest BCUT2D eigenvalue weighted by molar-refractivity contribution is 5.91. The average Bonchev–Trinajstić information content (AvgIpc) is 3.00. The Kier molecular flexibility index (Phi) is 6.29. The molecular weight excluding hydrogens is 397 g/mol. The van der Waals surface area contributed by atoms with Gasteiger partial charge in [-0.2, -0.15) is 0 Å². The predicted molar refractivity (Wildman–Crippen MR) is 107 cm³/mol. The quantitative estimate of drug-likeness (QED) is 0.473. The van der Waals surface area contributed by atoms with Crippen LogP contribution in [0.1, 0.15) is 18.9 Å². The van der Waals surface area contributed by atoms with Crippen molar-refractivity contribution in [3.63, 3.8) is 0 Å². The minimum Gasteiger partial charge on any atom is -0.370 e. The Morgan fingerprint density at radius 3 is 2.47 bits per heavy atom. The summed E-state index contributed by atoms with van der Waals surface area (Å²) >= 11 is 0. The topological polar surface area (TPSA) is 100 Å². The number of hydrogen-bond donors (Lipinski definition) is 4. The van der Waals surface area contributed by atoms with Gasteiger partial charge in [0, 0.05) is 36.2 Å². The van der Waals surface area contributed by atoms with E-state index in [1.807, 2.05) is 0 Å². The van der Waals surface area contributed by atoms with Gasteiger partial charge in [0.2, 0.25) is 5.91 Å². The molecule has 3 rings (SSSR count). The van der Waals surface area contributed by atoms with Crippen LogP contribution >= 0.6 is 0 Å². The van der Waals surface area contributed by atoms with Crippen LogP contribution in [0, 0.1) is 17.5 Å². The molecule has 2 aromatic carbocycles. The fourth-order valence-electron chi connectivity index (χ4n) is 3.33. The van der Waals surface area contributed by atoms with Crippen molar-refractivity contribution in [1.82, 2.24) is 15.6 Å². The van der Waals surface area contributed by atoms with Gasteiger partial charge < -0.3 is 21.4 Å². The number of benzene rings is 2. The lowest BCUT2D eigenvalue weighted by Crippen LogP contribution is -2.42. The number of amides is 3. The Morgan fingerprint density at radius 1 is 1.10 bits per heavy atom. The molecule has 1 unspecified atom stereocenters. The van der Waals surface area contributed by atoms with Crippen LogP contribution in [0.3, 0.4) is 0 Å². The van der Waals surface area contributed by atoms with Crippen LogP contribution in [-0.4, -0.2) is 29.5 Å².